The average molecular weight is 362 g/mol. The molecule has 0 saturated heterocycles. The molecule has 0 aromatic heterocycles. The van der Waals surface area contributed by atoms with Crippen molar-refractivity contribution in [3.63, 3.8) is 0 Å². The summed E-state index contributed by atoms with van der Waals surface area (Å²) in [4.78, 5) is 2.38. The third-order valence-corrected chi connectivity index (χ3v) is 5.50. The van der Waals surface area contributed by atoms with E-state index in [4.69, 9.17) is 14.2 Å². The number of hydrogen-bond acceptors (Lipinski definition) is 5. The Hall–Kier alpha value is -2.11. The van der Waals surface area contributed by atoms with Crippen molar-refractivity contribution in [2.75, 3.05) is 27.5 Å². The Balaban J connectivity index is 0.00000157. The summed E-state index contributed by atoms with van der Waals surface area (Å²) in [5.74, 6) is 2.40. The van der Waals surface area contributed by atoms with E-state index in [1.165, 1.54) is 11.1 Å². The first kappa shape index (κ1) is 16.4. The summed E-state index contributed by atoms with van der Waals surface area (Å²) in [5.41, 5.74) is 5.91. The van der Waals surface area contributed by atoms with Crippen LogP contribution in [0.4, 0.5) is 0 Å². The summed E-state index contributed by atoms with van der Waals surface area (Å²) in [7, 11) is 3.76. The van der Waals surface area contributed by atoms with Gasteiger partial charge in [0.1, 0.15) is 0 Å². The van der Waals surface area contributed by atoms with Crippen molar-refractivity contribution in [2.45, 2.75) is 18.9 Å². The number of halogens is 1. The first-order valence-electron chi connectivity index (χ1n) is 8.24. The predicted octanol–water partition coefficient (Wildman–Crippen LogP) is 3.30. The zero-order valence-corrected chi connectivity index (χ0v) is 15.0. The second-order valence-corrected chi connectivity index (χ2v) is 6.65. The predicted molar refractivity (Wildman–Crippen MR) is 96.2 cm³/mol. The lowest BCUT2D eigenvalue weighted by molar-refractivity contribution is 0.174. The van der Waals surface area contributed by atoms with Gasteiger partial charge in [-0.15, -0.1) is 12.4 Å². The molecule has 1 aliphatic carbocycles. The molecule has 3 aliphatic rings. The number of likely N-dealkylation sites (N-methyl/N-ethyl adjacent to an activating group) is 1. The van der Waals surface area contributed by atoms with Crippen LogP contribution in [0.1, 0.15) is 22.7 Å². The fraction of sp³-hybridized carbons (Fsp3) is 0.368. The Morgan fingerprint density at radius 2 is 2.12 bits per heavy atom. The summed E-state index contributed by atoms with van der Waals surface area (Å²) in [6.07, 6.45) is 1.83. The number of phenolic OH excluding ortho intramolecular Hbond substituents is 1. The van der Waals surface area contributed by atoms with E-state index in [2.05, 4.69) is 18.0 Å². The molecule has 1 atom stereocenters. The van der Waals surface area contributed by atoms with Gasteiger partial charge in [0.05, 0.1) is 7.11 Å². The minimum atomic E-state index is 0. The van der Waals surface area contributed by atoms with Crippen molar-refractivity contribution in [1.82, 2.24) is 4.90 Å². The minimum absolute atomic E-state index is 0. The molecule has 25 heavy (non-hydrogen) atoms. The first-order chi connectivity index (χ1) is 11.7. The molecule has 2 aliphatic heterocycles. The van der Waals surface area contributed by atoms with E-state index in [0.717, 1.165) is 47.6 Å². The lowest BCUT2D eigenvalue weighted by Gasteiger charge is -2.40. The van der Waals surface area contributed by atoms with Gasteiger partial charge in [-0.05, 0) is 54.8 Å². The lowest BCUT2D eigenvalue weighted by Crippen LogP contribution is -2.35. The van der Waals surface area contributed by atoms with E-state index in [0.29, 0.717) is 5.75 Å². The van der Waals surface area contributed by atoms with E-state index in [1.807, 2.05) is 6.07 Å². The number of nitrogens with zero attached hydrogens (tertiary/aromatic N) is 1. The van der Waals surface area contributed by atoms with Crippen LogP contribution >= 0.6 is 12.4 Å². The SMILES string of the molecule is COc1c(O)ccc2c1CC1c3c(cc4c(c3-2)OCO4)CCN1C.Cl. The second-order valence-electron chi connectivity index (χ2n) is 6.65. The zero-order chi connectivity index (χ0) is 16.4. The van der Waals surface area contributed by atoms with Gasteiger partial charge in [-0.25, -0.2) is 0 Å². The fourth-order valence-electron chi connectivity index (χ4n) is 4.37. The third kappa shape index (κ3) is 2.12. The van der Waals surface area contributed by atoms with Crippen molar-refractivity contribution in [2.24, 2.45) is 0 Å². The Labute approximate surface area is 152 Å². The van der Waals surface area contributed by atoms with Crippen molar-refractivity contribution in [1.29, 1.82) is 0 Å². The fourth-order valence-corrected chi connectivity index (χ4v) is 4.37. The van der Waals surface area contributed by atoms with Gasteiger partial charge in [-0.1, -0.05) is 0 Å². The van der Waals surface area contributed by atoms with Gasteiger partial charge in [-0.3, -0.25) is 4.90 Å². The number of rotatable bonds is 1. The van der Waals surface area contributed by atoms with Crippen LogP contribution in [-0.4, -0.2) is 37.5 Å². The van der Waals surface area contributed by atoms with Crippen LogP contribution in [0, 0.1) is 0 Å². The van der Waals surface area contributed by atoms with Crippen molar-refractivity contribution in [3.05, 3.63) is 34.9 Å². The van der Waals surface area contributed by atoms with Gasteiger partial charge in [0, 0.05) is 23.7 Å². The number of methoxy groups -OCH3 is 1. The highest BCUT2D eigenvalue weighted by Gasteiger charge is 2.39. The normalized spacial score (nSPS) is 19.7. The molecule has 2 aromatic rings. The quantitative estimate of drug-likeness (QED) is 0.844. The monoisotopic (exact) mass is 361 g/mol. The molecule has 0 radical (unpaired) electrons. The van der Waals surface area contributed by atoms with E-state index in [-0.39, 0.29) is 31.0 Å². The summed E-state index contributed by atoms with van der Waals surface area (Å²) in [5, 5.41) is 10.2. The molecule has 132 valence electrons. The van der Waals surface area contributed by atoms with Crippen LogP contribution in [0.2, 0.25) is 0 Å². The third-order valence-electron chi connectivity index (χ3n) is 5.50. The number of hydrogen-bond donors (Lipinski definition) is 1. The zero-order valence-electron chi connectivity index (χ0n) is 14.2. The maximum absolute atomic E-state index is 10.2. The standard InChI is InChI=1S/C19H19NO4.ClH/c1-20-6-5-10-7-15-19(24-9-23-15)17-11-3-4-14(21)18(22-2)12(11)8-13(20)16(10)17;/h3-4,7,13,21H,5-6,8-9H2,1-2H3;1H. The van der Waals surface area contributed by atoms with E-state index in [9.17, 15) is 5.11 Å². The summed E-state index contributed by atoms with van der Waals surface area (Å²) in [6.45, 7) is 1.27. The molecule has 0 bridgehead atoms. The van der Waals surface area contributed by atoms with Crippen molar-refractivity contribution >= 4 is 12.4 Å². The Bertz CT molecular complexity index is 867. The highest BCUT2D eigenvalue weighted by Crippen LogP contribution is 2.55. The summed E-state index contributed by atoms with van der Waals surface area (Å²) in [6, 6.07) is 6.08. The Kier molecular flexibility index (Phi) is 3.74. The molecule has 5 rings (SSSR count). The molecule has 2 heterocycles. The molecule has 0 saturated carbocycles. The number of ether oxygens (including phenoxy) is 3. The molecule has 0 spiro atoms. The highest BCUT2D eigenvalue weighted by atomic mass is 35.5. The minimum Gasteiger partial charge on any atom is -0.504 e. The summed E-state index contributed by atoms with van der Waals surface area (Å²) >= 11 is 0. The molecule has 6 heteroatoms. The number of aromatic hydroxyl groups is 1. The Morgan fingerprint density at radius 1 is 1.28 bits per heavy atom. The van der Waals surface area contributed by atoms with Crippen molar-refractivity contribution < 1.29 is 19.3 Å². The molecular formula is C19H20ClNO4. The van der Waals surface area contributed by atoms with E-state index in [1.54, 1.807) is 13.2 Å². The van der Waals surface area contributed by atoms with Crippen LogP contribution in [0.3, 0.4) is 0 Å². The number of phenols is 1. The van der Waals surface area contributed by atoms with Gasteiger partial charge in [0.25, 0.3) is 0 Å². The first-order valence-corrected chi connectivity index (χ1v) is 8.24. The molecule has 0 fully saturated rings. The number of benzene rings is 2. The van der Waals surface area contributed by atoms with E-state index < -0.39 is 0 Å². The number of fused-ring (bicyclic) bond motifs is 4. The van der Waals surface area contributed by atoms with Crippen molar-refractivity contribution in [3.8, 4) is 34.1 Å². The van der Waals surface area contributed by atoms with Crippen LogP contribution in [0.15, 0.2) is 18.2 Å². The molecule has 1 unspecified atom stereocenters. The smallest absolute Gasteiger partial charge is 0.231 e. The second kappa shape index (κ2) is 5.71. The maximum atomic E-state index is 10.2. The molecule has 2 aromatic carbocycles. The van der Waals surface area contributed by atoms with Gasteiger partial charge < -0.3 is 19.3 Å². The maximum Gasteiger partial charge on any atom is 0.231 e. The van der Waals surface area contributed by atoms with Gasteiger partial charge in [-0.2, -0.15) is 0 Å². The van der Waals surface area contributed by atoms with Crippen LogP contribution in [0.5, 0.6) is 23.0 Å². The molecular weight excluding hydrogens is 342 g/mol. The Morgan fingerprint density at radius 3 is 2.92 bits per heavy atom. The average Bonchev–Trinajstić information content (AvgIpc) is 3.05. The largest absolute Gasteiger partial charge is 0.504 e. The van der Waals surface area contributed by atoms with Crippen LogP contribution in [0.25, 0.3) is 11.1 Å². The topological polar surface area (TPSA) is 51.2 Å². The lowest BCUT2D eigenvalue weighted by atomic mass is 9.76. The highest BCUT2D eigenvalue weighted by molar-refractivity contribution is 5.86. The summed E-state index contributed by atoms with van der Waals surface area (Å²) < 4.78 is 17.0. The molecule has 1 N–H and O–H groups in total. The molecule has 0 amide bonds. The van der Waals surface area contributed by atoms with Gasteiger partial charge >= 0.3 is 0 Å². The van der Waals surface area contributed by atoms with Gasteiger partial charge in [0.15, 0.2) is 23.0 Å². The van der Waals surface area contributed by atoms with Crippen LogP contribution in [-0.2, 0) is 12.8 Å². The van der Waals surface area contributed by atoms with E-state index >= 15 is 0 Å². The molecule has 5 nitrogen and oxygen atoms in total. The van der Waals surface area contributed by atoms with Crippen LogP contribution < -0.4 is 14.2 Å². The van der Waals surface area contributed by atoms with Gasteiger partial charge in [0.2, 0.25) is 6.79 Å².